The van der Waals surface area contributed by atoms with Gasteiger partial charge in [0.25, 0.3) is 0 Å². The zero-order valence-corrected chi connectivity index (χ0v) is 18.0. The van der Waals surface area contributed by atoms with Crippen molar-refractivity contribution in [1.82, 2.24) is 0 Å². The van der Waals surface area contributed by atoms with E-state index in [1.54, 1.807) is 0 Å². The summed E-state index contributed by atoms with van der Waals surface area (Å²) in [6.07, 6.45) is 0. The first-order valence-electron chi connectivity index (χ1n) is 2.19. The van der Waals surface area contributed by atoms with Gasteiger partial charge in [-0.2, -0.15) is 0 Å². The average Bonchev–Trinajstić information content (AvgIpc) is 2.23. The summed E-state index contributed by atoms with van der Waals surface area (Å²) in [6.45, 7) is 0. The molecule has 22 heteroatoms. The first-order valence-corrected chi connectivity index (χ1v) is 2.19. The quantitative estimate of drug-likeness (QED) is 0.206. The van der Waals surface area contributed by atoms with Crippen LogP contribution in [0.2, 0.25) is 0 Å². The molecule has 0 aromatic carbocycles. The third-order valence-corrected chi connectivity index (χ3v) is 0. The second kappa shape index (κ2) is 237. The van der Waals surface area contributed by atoms with Crippen molar-refractivity contribution in [2.45, 2.75) is 0 Å². The van der Waals surface area contributed by atoms with Crippen LogP contribution in [0.3, 0.4) is 0 Å². The van der Waals surface area contributed by atoms with E-state index in [1.807, 2.05) is 0 Å². The topological polar surface area (TPSA) is 315 Å². The second-order valence-corrected chi connectivity index (χ2v) is 0.447. The van der Waals surface area contributed by atoms with E-state index in [2.05, 4.69) is 0 Å². The summed E-state index contributed by atoms with van der Waals surface area (Å²) < 4.78 is 0. The van der Waals surface area contributed by atoms with E-state index in [1.165, 1.54) is 0 Å². The van der Waals surface area contributed by atoms with Crippen molar-refractivity contribution in [2.24, 2.45) is 32.0 Å². The van der Waals surface area contributed by atoms with Crippen LogP contribution in [-0.4, -0.2) is 0 Å². The molecule has 117 valence electrons. The fourth-order valence-electron chi connectivity index (χ4n) is 0. The normalized spacial score (nSPS) is 3.27. The zero-order valence-electron chi connectivity index (χ0n) is 10.9. The van der Waals surface area contributed by atoms with E-state index >= 15 is 0 Å². The summed E-state index contributed by atoms with van der Waals surface area (Å²) >= 11 is 0. The minimum atomic E-state index is 0. The number of nitrogens with zero attached hydrogens (tertiary/aromatic N) is 6. The predicted octanol–water partition coefficient (Wildman–Crippen LogP) is -7.49. The molecule has 0 heterocycles. The third kappa shape index (κ3) is 814000. The van der Waals surface area contributed by atoms with Gasteiger partial charge in [-0.3, -0.25) is 0 Å². The minimum Gasteiger partial charge on any atom is -0.444 e. The Morgan fingerprint density at radius 1 is 0.364 bits per heavy atom. The molecule has 0 saturated heterocycles. The second-order valence-electron chi connectivity index (χ2n) is 0.447. The van der Waals surface area contributed by atoms with E-state index in [0.717, 1.165) is 32.0 Å². The molecular formula is CoN6Na3O12-3. The van der Waals surface area contributed by atoms with Crippen LogP contribution in [0.25, 0.3) is 0 Å². The van der Waals surface area contributed by atoms with E-state index in [-0.39, 0.29) is 105 Å². The Morgan fingerprint density at radius 2 is 0.364 bits per heavy atom. The Bertz CT molecular complexity index is 126. The molecule has 0 aromatic heterocycles. The standard InChI is InChI=1S/Co.6HNO2.3Na/c;6*2-1-3;;;/h;6*(H,2,3);;;/q;;;;;;;3*+1/p-6. The van der Waals surface area contributed by atoms with Crippen LogP contribution in [0.4, 0.5) is 0 Å². The minimum absolute atomic E-state index is 0. The molecular weight excluding hydrogens is 404 g/mol. The van der Waals surface area contributed by atoms with Crippen LogP contribution in [0.15, 0.2) is 32.0 Å². The molecule has 0 saturated carbocycles. The largest absolute Gasteiger partial charge is 1.00 e. The van der Waals surface area contributed by atoms with Gasteiger partial charge in [-0.05, 0) is 0 Å². The summed E-state index contributed by atoms with van der Waals surface area (Å²) in [5.41, 5.74) is 0. The Labute approximate surface area is 196 Å². The molecule has 18 nitrogen and oxygen atoms in total. The molecule has 0 aromatic rings. The zero-order chi connectivity index (χ0) is 16.2. The number of hydrogen-bond acceptors (Lipinski definition) is 18. The van der Waals surface area contributed by atoms with Gasteiger partial charge in [-0.15, -0.1) is 32.0 Å². The number of hydrogen-bond donors (Lipinski definition) is 0. The van der Waals surface area contributed by atoms with Gasteiger partial charge in [0.2, 0.25) is 0 Å². The maximum absolute atomic E-state index is 8.00. The van der Waals surface area contributed by atoms with E-state index in [9.17, 15) is 0 Å². The van der Waals surface area contributed by atoms with Crippen molar-refractivity contribution in [3.63, 3.8) is 0 Å². The van der Waals surface area contributed by atoms with Gasteiger partial charge in [0.15, 0.2) is 0 Å². The maximum Gasteiger partial charge on any atom is 1.00 e. The van der Waals surface area contributed by atoms with Crippen LogP contribution in [0.1, 0.15) is 0 Å². The molecule has 0 aliphatic heterocycles. The van der Waals surface area contributed by atoms with Crippen LogP contribution < -0.4 is 88.7 Å². The fraction of sp³-hybridized carbons (Fsp3) is 0. The average molecular weight is 404 g/mol. The summed E-state index contributed by atoms with van der Waals surface area (Å²) in [4.78, 5) is 48.0. The molecule has 0 unspecified atom stereocenters. The van der Waals surface area contributed by atoms with Gasteiger partial charge in [0.05, 0.1) is 0 Å². The van der Waals surface area contributed by atoms with Crippen LogP contribution in [0, 0.1) is 60.7 Å². The van der Waals surface area contributed by atoms with Crippen molar-refractivity contribution in [3.8, 4) is 0 Å². The molecule has 0 aliphatic rings. The van der Waals surface area contributed by atoms with Gasteiger partial charge in [-0.1, -0.05) is 0 Å². The van der Waals surface area contributed by atoms with Gasteiger partial charge in [0.1, 0.15) is 0 Å². The molecule has 0 N–H and O–H groups in total. The van der Waals surface area contributed by atoms with Crippen molar-refractivity contribution >= 4 is 0 Å². The molecule has 1 radical (unpaired) electrons. The van der Waals surface area contributed by atoms with E-state index < -0.39 is 0 Å². The van der Waals surface area contributed by atoms with Gasteiger partial charge >= 0.3 is 88.7 Å². The Morgan fingerprint density at radius 3 is 0.364 bits per heavy atom. The fourth-order valence-corrected chi connectivity index (χ4v) is 0. The summed E-state index contributed by atoms with van der Waals surface area (Å²) in [5.74, 6) is 0. The van der Waals surface area contributed by atoms with Crippen molar-refractivity contribution in [1.29, 1.82) is 0 Å². The van der Waals surface area contributed by atoms with Crippen molar-refractivity contribution in [2.75, 3.05) is 0 Å². The van der Waals surface area contributed by atoms with Gasteiger partial charge in [-0.25, -0.2) is 0 Å². The Balaban J connectivity index is -0.00000000947. The van der Waals surface area contributed by atoms with Crippen LogP contribution in [0.5, 0.6) is 0 Å². The molecule has 0 rings (SSSR count). The molecule has 0 fully saturated rings. The molecule has 0 amide bonds. The monoisotopic (exact) mass is 404 g/mol. The van der Waals surface area contributed by atoms with Crippen LogP contribution in [-0.2, 0) is 16.8 Å². The predicted molar refractivity (Wildman–Crippen MR) is 55.0 cm³/mol. The van der Waals surface area contributed by atoms with Crippen molar-refractivity contribution in [3.05, 3.63) is 60.7 Å². The Kier molecular flexibility index (Phi) is 729. The van der Waals surface area contributed by atoms with Gasteiger partial charge in [0, 0.05) is 16.8 Å². The number of rotatable bonds is 0. The molecule has 0 atom stereocenters. The SMILES string of the molecule is O=N[O-].O=N[O-].O=N[O-].O=N[O-].O=N[O-].O=N[O-].[Co].[Na+].[Na+].[Na+]. The summed E-state index contributed by atoms with van der Waals surface area (Å²) in [6, 6.07) is 0. The Hall–Kier alpha value is -0.0935. The first kappa shape index (κ1) is 67.5. The summed E-state index contributed by atoms with van der Waals surface area (Å²) in [7, 11) is 0. The summed E-state index contributed by atoms with van der Waals surface area (Å²) in [5, 5.41) is 54.0. The van der Waals surface area contributed by atoms with E-state index in [4.69, 9.17) is 60.7 Å². The van der Waals surface area contributed by atoms with Crippen LogP contribution >= 0.6 is 0 Å². The molecule has 22 heavy (non-hydrogen) atoms. The smallest absolute Gasteiger partial charge is 0.444 e. The third-order valence-electron chi connectivity index (χ3n) is 0. The van der Waals surface area contributed by atoms with Gasteiger partial charge < -0.3 is 60.7 Å². The van der Waals surface area contributed by atoms with Crippen molar-refractivity contribution < 1.29 is 105 Å². The molecule has 0 bridgehead atoms. The maximum atomic E-state index is 8.00. The molecule has 0 aliphatic carbocycles. The first-order chi connectivity index (χ1) is 8.49. The molecule has 0 spiro atoms. The van der Waals surface area contributed by atoms with E-state index in [0.29, 0.717) is 0 Å².